The molecule has 0 radical (unpaired) electrons. The number of para-hydroxylation sites is 1. The zero-order valence-electron chi connectivity index (χ0n) is 27.6. The third kappa shape index (κ3) is 3.11. The highest BCUT2D eigenvalue weighted by Gasteiger charge is 2.51. The van der Waals surface area contributed by atoms with Crippen LogP contribution in [0.15, 0.2) is 152 Å². The van der Waals surface area contributed by atoms with Crippen molar-refractivity contribution in [2.24, 2.45) is 0 Å². The molecule has 4 heterocycles. The molecule has 0 bridgehead atoms. The lowest BCUT2D eigenvalue weighted by Gasteiger charge is -2.30. The standard InChI is InChI=1S/C47H25N3S2/c1-6-16-34-27(11-1)28-12-2-7-17-35(28)47(34)36-18-8-3-13-29(36)30-22-21-26(23-37(30)47)50-38-19-9-4-14-31(38)40-43(50)41-32-15-5-10-20-39(32)51-44(41)42-33-24-48-25-49-46(33)52-45(40)42/h1-25H. The first kappa shape index (κ1) is 27.6. The fourth-order valence-corrected chi connectivity index (χ4v) is 12.4. The van der Waals surface area contributed by atoms with E-state index in [4.69, 9.17) is 4.98 Å². The van der Waals surface area contributed by atoms with E-state index in [9.17, 15) is 0 Å². The second kappa shape index (κ2) is 9.59. The van der Waals surface area contributed by atoms with Crippen molar-refractivity contribution in [1.29, 1.82) is 0 Å². The van der Waals surface area contributed by atoms with Crippen LogP contribution in [0.5, 0.6) is 0 Å². The second-order valence-corrected chi connectivity index (χ2v) is 16.1. The van der Waals surface area contributed by atoms with Crippen LogP contribution in [0.25, 0.3) is 90.2 Å². The molecular weight excluding hydrogens is 671 g/mol. The van der Waals surface area contributed by atoms with Crippen molar-refractivity contribution in [1.82, 2.24) is 14.5 Å². The molecule has 240 valence electrons. The van der Waals surface area contributed by atoms with E-state index in [-0.39, 0.29) is 0 Å². The van der Waals surface area contributed by atoms with E-state index in [1.165, 1.54) is 102 Å². The highest BCUT2D eigenvalue weighted by molar-refractivity contribution is 7.30. The van der Waals surface area contributed by atoms with E-state index >= 15 is 0 Å². The maximum absolute atomic E-state index is 4.77. The molecule has 1 spiro atoms. The van der Waals surface area contributed by atoms with Crippen molar-refractivity contribution in [2.45, 2.75) is 5.41 Å². The SMILES string of the molecule is c1ccc2c(c1)-c1ccccc1C21c2ccccc2-c2ccc(-n3c4ccccc4c4c5sc6ncncc6c5c5sc6ccccc6c5c43)cc21. The van der Waals surface area contributed by atoms with Gasteiger partial charge in [-0.25, -0.2) is 9.97 Å². The predicted molar refractivity (Wildman–Crippen MR) is 218 cm³/mol. The lowest BCUT2D eigenvalue weighted by Crippen LogP contribution is -2.26. The first-order chi connectivity index (χ1) is 25.8. The molecule has 5 heteroatoms. The summed E-state index contributed by atoms with van der Waals surface area (Å²) in [6.45, 7) is 0. The Morgan fingerprint density at radius 1 is 0.500 bits per heavy atom. The van der Waals surface area contributed by atoms with Crippen LogP contribution in [0.3, 0.4) is 0 Å². The van der Waals surface area contributed by atoms with Crippen molar-refractivity contribution in [3.63, 3.8) is 0 Å². The van der Waals surface area contributed by atoms with Crippen LogP contribution in [-0.4, -0.2) is 14.5 Å². The van der Waals surface area contributed by atoms with E-state index in [1.807, 2.05) is 17.5 Å². The summed E-state index contributed by atoms with van der Waals surface area (Å²) in [5.41, 5.74) is 13.9. The van der Waals surface area contributed by atoms with Crippen molar-refractivity contribution < 1.29 is 0 Å². The first-order valence-electron chi connectivity index (χ1n) is 17.6. The van der Waals surface area contributed by atoms with E-state index < -0.39 is 5.41 Å². The third-order valence-corrected chi connectivity index (χ3v) is 14.1. The highest BCUT2D eigenvalue weighted by atomic mass is 32.1. The summed E-state index contributed by atoms with van der Waals surface area (Å²) in [4.78, 5) is 10.3. The molecule has 0 amide bonds. The van der Waals surface area contributed by atoms with Gasteiger partial charge >= 0.3 is 0 Å². The van der Waals surface area contributed by atoms with Gasteiger partial charge in [-0.15, -0.1) is 22.7 Å². The van der Waals surface area contributed by atoms with Crippen LogP contribution < -0.4 is 0 Å². The molecule has 0 atom stereocenters. The van der Waals surface area contributed by atoms with Crippen LogP contribution in [0.1, 0.15) is 22.3 Å². The highest BCUT2D eigenvalue weighted by Crippen LogP contribution is 2.63. The van der Waals surface area contributed by atoms with Gasteiger partial charge < -0.3 is 4.57 Å². The average molecular weight is 696 g/mol. The number of hydrogen-bond donors (Lipinski definition) is 0. The maximum Gasteiger partial charge on any atom is 0.127 e. The van der Waals surface area contributed by atoms with Crippen LogP contribution >= 0.6 is 22.7 Å². The summed E-state index contributed by atoms with van der Waals surface area (Å²) in [5.74, 6) is 0. The Morgan fingerprint density at radius 3 is 1.85 bits per heavy atom. The number of nitrogens with zero attached hydrogens (tertiary/aromatic N) is 3. The Kier molecular flexibility index (Phi) is 5.08. The summed E-state index contributed by atoms with van der Waals surface area (Å²) < 4.78 is 6.44. The van der Waals surface area contributed by atoms with Gasteiger partial charge in [0.2, 0.25) is 0 Å². The van der Waals surface area contributed by atoms with Crippen LogP contribution in [0, 0.1) is 0 Å². The van der Waals surface area contributed by atoms with E-state index in [0.29, 0.717) is 0 Å². The first-order valence-corrected chi connectivity index (χ1v) is 19.3. The minimum atomic E-state index is -0.407. The molecule has 0 aliphatic heterocycles. The number of rotatable bonds is 1. The minimum absolute atomic E-state index is 0.407. The van der Waals surface area contributed by atoms with Crippen molar-refractivity contribution in [3.05, 3.63) is 174 Å². The molecule has 2 aliphatic carbocycles. The molecule has 0 unspecified atom stereocenters. The minimum Gasteiger partial charge on any atom is -0.309 e. The monoisotopic (exact) mass is 695 g/mol. The van der Waals surface area contributed by atoms with Crippen LogP contribution in [0.4, 0.5) is 0 Å². The van der Waals surface area contributed by atoms with Gasteiger partial charge in [0.25, 0.3) is 0 Å². The number of thiophene rings is 2. The van der Waals surface area contributed by atoms with Crippen molar-refractivity contribution in [3.8, 4) is 27.9 Å². The fraction of sp³-hybridized carbons (Fsp3) is 0.0213. The zero-order valence-corrected chi connectivity index (χ0v) is 29.2. The smallest absolute Gasteiger partial charge is 0.127 e. The Morgan fingerprint density at radius 2 is 1.10 bits per heavy atom. The summed E-state index contributed by atoms with van der Waals surface area (Å²) in [6.07, 6.45) is 3.68. The molecule has 52 heavy (non-hydrogen) atoms. The molecule has 13 rings (SSSR count). The Labute approximate surface area is 305 Å². The largest absolute Gasteiger partial charge is 0.309 e. The molecular formula is C47H25N3S2. The van der Waals surface area contributed by atoms with Crippen molar-refractivity contribution in [2.75, 3.05) is 0 Å². The van der Waals surface area contributed by atoms with E-state index in [2.05, 4.69) is 149 Å². The quantitative estimate of drug-likeness (QED) is 0.171. The van der Waals surface area contributed by atoms with Gasteiger partial charge in [-0.05, 0) is 68.8 Å². The maximum atomic E-state index is 4.77. The molecule has 2 aliphatic rings. The van der Waals surface area contributed by atoms with Crippen LogP contribution in [0.2, 0.25) is 0 Å². The Hall–Kier alpha value is -6.14. The summed E-state index contributed by atoms with van der Waals surface area (Å²) >= 11 is 3.68. The molecule has 3 nitrogen and oxygen atoms in total. The van der Waals surface area contributed by atoms with Crippen LogP contribution in [-0.2, 0) is 5.41 Å². The molecule has 7 aromatic carbocycles. The number of benzene rings is 7. The van der Waals surface area contributed by atoms with Gasteiger partial charge in [-0.1, -0.05) is 115 Å². The fourth-order valence-electron chi connectivity index (χ4n) is 9.90. The van der Waals surface area contributed by atoms with Gasteiger partial charge in [-0.2, -0.15) is 0 Å². The van der Waals surface area contributed by atoms with Gasteiger partial charge in [0.05, 0.1) is 16.4 Å². The Balaban J connectivity index is 1.23. The van der Waals surface area contributed by atoms with Gasteiger partial charge in [-0.3, -0.25) is 0 Å². The zero-order chi connectivity index (χ0) is 33.7. The second-order valence-electron chi connectivity index (χ2n) is 14.0. The molecule has 0 N–H and O–H groups in total. The molecule has 4 aromatic heterocycles. The summed E-state index contributed by atoms with van der Waals surface area (Å²) in [7, 11) is 0. The molecule has 0 saturated heterocycles. The summed E-state index contributed by atoms with van der Waals surface area (Å²) in [6, 6.07) is 52.3. The van der Waals surface area contributed by atoms with Gasteiger partial charge in [0.1, 0.15) is 11.2 Å². The number of fused-ring (bicyclic) bond motifs is 22. The molecule has 0 fully saturated rings. The lowest BCUT2D eigenvalue weighted by atomic mass is 9.70. The predicted octanol–water partition coefficient (Wildman–Crippen LogP) is 12.7. The average Bonchev–Trinajstić information content (AvgIpc) is 3.99. The normalized spacial score (nSPS) is 13.9. The third-order valence-electron chi connectivity index (χ3n) is 11.8. The molecule has 0 saturated carbocycles. The topological polar surface area (TPSA) is 30.7 Å². The lowest BCUT2D eigenvalue weighted by molar-refractivity contribution is 0.792. The van der Waals surface area contributed by atoms with Crippen molar-refractivity contribution >= 4 is 85.0 Å². The number of hydrogen-bond acceptors (Lipinski definition) is 4. The molecule has 11 aromatic rings. The number of aromatic nitrogens is 3. The summed E-state index contributed by atoms with van der Waals surface area (Å²) in [5, 5.41) is 7.55. The van der Waals surface area contributed by atoms with E-state index in [1.54, 1.807) is 17.7 Å². The van der Waals surface area contributed by atoms with Gasteiger partial charge in [0.15, 0.2) is 0 Å². The van der Waals surface area contributed by atoms with E-state index in [0.717, 1.165) is 10.2 Å². The van der Waals surface area contributed by atoms with Gasteiger partial charge in [0, 0.05) is 58.3 Å². The Bertz CT molecular complexity index is 3290.